The van der Waals surface area contributed by atoms with Crippen molar-refractivity contribution in [2.45, 2.75) is 72.2 Å². The maximum atomic E-state index is 6.09. The van der Waals surface area contributed by atoms with Crippen molar-refractivity contribution in [3.8, 4) is 0 Å². The number of likely N-dealkylation sites (tertiary alicyclic amines) is 1. The molecule has 3 atom stereocenters. The Kier molecular flexibility index (Phi) is 5.88. The maximum Gasteiger partial charge on any atom is 0.158 e. The minimum absolute atomic E-state index is 0.0298. The normalized spacial score (nSPS) is 30.6. The number of hydrogen-bond acceptors (Lipinski definition) is 3. The molecule has 3 nitrogen and oxygen atoms in total. The van der Waals surface area contributed by atoms with Crippen molar-refractivity contribution in [3.05, 3.63) is 0 Å². The summed E-state index contributed by atoms with van der Waals surface area (Å²) < 4.78 is 11.9. The quantitative estimate of drug-likeness (QED) is 0.768. The van der Waals surface area contributed by atoms with Crippen LogP contribution in [-0.2, 0) is 9.47 Å². The molecule has 2 rings (SSSR count). The van der Waals surface area contributed by atoms with Gasteiger partial charge in [-0.2, -0.15) is 0 Å². The zero-order chi connectivity index (χ0) is 14.6. The van der Waals surface area contributed by atoms with Crippen molar-refractivity contribution in [3.63, 3.8) is 0 Å². The lowest BCUT2D eigenvalue weighted by molar-refractivity contribution is -0.0762. The molecule has 2 aliphatic rings. The summed E-state index contributed by atoms with van der Waals surface area (Å²) >= 11 is 0. The average molecular weight is 283 g/mol. The molecule has 2 aliphatic heterocycles. The van der Waals surface area contributed by atoms with Crippen molar-refractivity contribution < 1.29 is 9.47 Å². The Labute approximate surface area is 125 Å². The Morgan fingerprint density at radius 2 is 1.85 bits per heavy atom. The molecule has 20 heavy (non-hydrogen) atoms. The highest BCUT2D eigenvalue weighted by Crippen LogP contribution is 2.29. The van der Waals surface area contributed by atoms with Crippen LogP contribution in [0.4, 0.5) is 0 Å². The molecular weight excluding hydrogens is 250 g/mol. The van der Waals surface area contributed by atoms with Crippen molar-refractivity contribution in [1.29, 1.82) is 0 Å². The molecule has 0 amide bonds. The van der Waals surface area contributed by atoms with E-state index < -0.39 is 0 Å². The molecule has 0 radical (unpaired) electrons. The van der Waals surface area contributed by atoms with Crippen LogP contribution in [0, 0.1) is 11.3 Å². The fraction of sp³-hybridized carbons (Fsp3) is 1.00. The lowest BCUT2D eigenvalue weighted by Gasteiger charge is -2.28. The first-order chi connectivity index (χ1) is 9.42. The fourth-order valence-electron chi connectivity index (χ4n) is 3.61. The van der Waals surface area contributed by atoms with Crippen molar-refractivity contribution in [1.82, 2.24) is 4.90 Å². The molecule has 0 N–H and O–H groups in total. The van der Waals surface area contributed by atoms with Gasteiger partial charge >= 0.3 is 0 Å². The topological polar surface area (TPSA) is 21.7 Å². The van der Waals surface area contributed by atoms with Gasteiger partial charge in [0, 0.05) is 13.0 Å². The molecule has 2 heterocycles. The molecule has 0 aromatic heterocycles. The number of hydrogen-bond donors (Lipinski definition) is 0. The smallest absolute Gasteiger partial charge is 0.158 e. The molecule has 2 saturated heterocycles. The summed E-state index contributed by atoms with van der Waals surface area (Å²) in [6.45, 7) is 13.6. The van der Waals surface area contributed by atoms with Crippen LogP contribution >= 0.6 is 0 Å². The van der Waals surface area contributed by atoms with Crippen molar-refractivity contribution >= 4 is 0 Å². The largest absolute Gasteiger partial charge is 0.350 e. The molecule has 2 fully saturated rings. The van der Waals surface area contributed by atoms with Gasteiger partial charge in [-0.3, -0.25) is 0 Å². The van der Waals surface area contributed by atoms with Crippen molar-refractivity contribution in [2.24, 2.45) is 11.3 Å². The Balaban J connectivity index is 1.66. The Hall–Kier alpha value is -0.120. The summed E-state index contributed by atoms with van der Waals surface area (Å²) in [4.78, 5) is 2.54. The highest BCUT2D eigenvalue weighted by Gasteiger charge is 2.29. The van der Waals surface area contributed by atoms with Gasteiger partial charge in [0.2, 0.25) is 0 Å². The third-order valence-corrected chi connectivity index (χ3v) is 4.28. The Morgan fingerprint density at radius 1 is 1.15 bits per heavy atom. The molecule has 3 heteroatoms. The third kappa shape index (κ3) is 5.71. The number of rotatable bonds is 5. The van der Waals surface area contributed by atoms with E-state index in [-0.39, 0.29) is 6.29 Å². The first-order valence-electron chi connectivity index (χ1n) is 8.42. The molecule has 0 bridgehead atoms. The second-order valence-corrected chi connectivity index (χ2v) is 7.99. The Morgan fingerprint density at radius 3 is 2.50 bits per heavy atom. The van der Waals surface area contributed by atoms with Crippen molar-refractivity contribution in [2.75, 3.05) is 26.2 Å². The summed E-state index contributed by atoms with van der Waals surface area (Å²) in [7, 11) is 0. The first-order valence-corrected chi connectivity index (χ1v) is 8.42. The summed E-state index contributed by atoms with van der Waals surface area (Å²) in [5, 5.41) is 0. The van der Waals surface area contributed by atoms with E-state index in [1.165, 1.54) is 38.8 Å². The zero-order valence-electron chi connectivity index (χ0n) is 13.9. The van der Waals surface area contributed by atoms with E-state index in [1.807, 2.05) is 0 Å². The summed E-state index contributed by atoms with van der Waals surface area (Å²) in [6.07, 6.45) is 6.67. The minimum Gasteiger partial charge on any atom is -0.350 e. The summed E-state index contributed by atoms with van der Waals surface area (Å²) in [6, 6.07) is 0. The molecule has 118 valence electrons. The van der Waals surface area contributed by atoms with E-state index >= 15 is 0 Å². The lowest BCUT2D eigenvalue weighted by atomic mass is 9.84. The van der Waals surface area contributed by atoms with Gasteiger partial charge < -0.3 is 14.4 Å². The van der Waals surface area contributed by atoms with Crippen LogP contribution in [0.5, 0.6) is 0 Å². The molecule has 0 spiro atoms. The monoisotopic (exact) mass is 283 g/mol. The summed E-state index contributed by atoms with van der Waals surface area (Å²) in [5.74, 6) is 0.661. The highest BCUT2D eigenvalue weighted by molar-refractivity contribution is 4.75. The zero-order valence-corrected chi connectivity index (χ0v) is 13.9. The fourth-order valence-corrected chi connectivity index (χ4v) is 3.61. The molecular formula is C17H33NO2. The SMILES string of the molecule is C[C@H](C[C@@H]1OC[C@@H](CN2CCCCC2)O1)CC(C)(C)C. The molecule has 0 unspecified atom stereocenters. The third-order valence-electron chi connectivity index (χ3n) is 4.28. The van der Waals surface area contributed by atoms with Gasteiger partial charge in [0.15, 0.2) is 6.29 Å². The van der Waals surface area contributed by atoms with Crippen LogP contribution in [0.15, 0.2) is 0 Å². The van der Waals surface area contributed by atoms with E-state index in [2.05, 4.69) is 32.6 Å². The van der Waals surface area contributed by atoms with Gasteiger partial charge in [0.05, 0.1) is 12.7 Å². The predicted octanol–water partition coefficient (Wildman–Crippen LogP) is 3.68. The highest BCUT2D eigenvalue weighted by atomic mass is 16.7. The standard InChI is InChI=1S/C17H33NO2/c1-14(11-17(2,3)4)10-16-19-13-15(20-16)12-18-8-6-5-7-9-18/h14-16H,5-13H2,1-4H3/t14-,15-,16-/m1/s1. The van der Waals surface area contributed by atoms with E-state index in [4.69, 9.17) is 9.47 Å². The van der Waals surface area contributed by atoms with Crippen LogP contribution in [-0.4, -0.2) is 43.5 Å². The second-order valence-electron chi connectivity index (χ2n) is 7.99. The average Bonchev–Trinajstić information content (AvgIpc) is 2.75. The first kappa shape index (κ1) is 16.3. The molecule has 0 aromatic carbocycles. The van der Waals surface area contributed by atoms with Gasteiger partial charge in [-0.05, 0) is 43.7 Å². The van der Waals surface area contributed by atoms with Crippen LogP contribution in [0.2, 0.25) is 0 Å². The van der Waals surface area contributed by atoms with E-state index in [9.17, 15) is 0 Å². The van der Waals surface area contributed by atoms with E-state index in [0.29, 0.717) is 17.4 Å². The van der Waals surface area contributed by atoms with Gasteiger partial charge in [0.25, 0.3) is 0 Å². The van der Waals surface area contributed by atoms with Gasteiger partial charge in [-0.25, -0.2) is 0 Å². The van der Waals surface area contributed by atoms with Crippen LogP contribution in [0.1, 0.15) is 59.8 Å². The summed E-state index contributed by atoms with van der Waals surface area (Å²) in [5.41, 5.74) is 0.394. The number of piperidine rings is 1. The van der Waals surface area contributed by atoms with Gasteiger partial charge in [-0.15, -0.1) is 0 Å². The molecule has 0 aliphatic carbocycles. The van der Waals surface area contributed by atoms with Crippen LogP contribution in [0.25, 0.3) is 0 Å². The van der Waals surface area contributed by atoms with Crippen LogP contribution < -0.4 is 0 Å². The predicted molar refractivity (Wildman–Crippen MR) is 82.8 cm³/mol. The van der Waals surface area contributed by atoms with Gasteiger partial charge in [-0.1, -0.05) is 34.1 Å². The second kappa shape index (κ2) is 7.24. The minimum atomic E-state index is 0.0298. The van der Waals surface area contributed by atoms with Crippen LogP contribution in [0.3, 0.4) is 0 Å². The van der Waals surface area contributed by atoms with Gasteiger partial charge in [0.1, 0.15) is 0 Å². The molecule has 0 aromatic rings. The number of nitrogens with zero attached hydrogens (tertiary/aromatic N) is 1. The Bertz CT molecular complexity index is 281. The van der Waals surface area contributed by atoms with E-state index in [0.717, 1.165) is 19.6 Å². The number of ether oxygens (including phenoxy) is 2. The lowest BCUT2D eigenvalue weighted by Crippen LogP contribution is -2.37. The maximum absolute atomic E-state index is 6.09. The molecule has 0 saturated carbocycles. The van der Waals surface area contributed by atoms with E-state index in [1.54, 1.807) is 0 Å².